The molecule has 1 aliphatic carbocycles. The SMILES string of the molecule is CCCC(C)COc1ccc(CNC2CC2)cc1OCC. The Balaban J connectivity index is 1.94. The maximum absolute atomic E-state index is 5.95. The summed E-state index contributed by atoms with van der Waals surface area (Å²) in [5.41, 5.74) is 1.26. The summed E-state index contributed by atoms with van der Waals surface area (Å²) in [7, 11) is 0. The summed E-state index contributed by atoms with van der Waals surface area (Å²) in [5, 5.41) is 3.53. The summed E-state index contributed by atoms with van der Waals surface area (Å²) in [4.78, 5) is 0. The maximum atomic E-state index is 5.95. The average Bonchev–Trinajstić information content (AvgIpc) is 3.29. The van der Waals surface area contributed by atoms with Crippen molar-refractivity contribution in [3.63, 3.8) is 0 Å². The van der Waals surface area contributed by atoms with Gasteiger partial charge in [-0.1, -0.05) is 26.3 Å². The normalized spacial score (nSPS) is 15.8. The molecule has 0 aromatic heterocycles. The van der Waals surface area contributed by atoms with Gasteiger partial charge in [0.2, 0.25) is 0 Å². The number of hydrogen-bond donors (Lipinski definition) is 1. The Morgan fingerprint density at radius 2 is 2.00 bits per heavy atom. The van der Waals surface area contributed by atoms with E-state index in [0.29, 0.717) is 12.5 Å². The smallest absolute Gasteiger partial charge is 0.161 e. The van der Waals surface area contributed by atoms with Crippen LogP contribution in [0.4, 0.5) is 0 Å². The Bertz CT molecular complexity index is 429. The maximum Gasteiger partial charge on any atom is 0.161 e. The monoisotopic (exact) mass is 291 g/mol. The molecule has 0 aliphatic heterocycles. The van der Waals surface area contributed by atoms with E-state index in [9.17, 15) is 0 Å². The Morgan fingerprint density at radius 1 is 1.19 bits per heavy atom. The molecule has 0 amide bonds. The molecule has 1 saturated carbocycles. The molecule has 1 aromatic rings. The number of ether oxygens (including phenoxy) is 2. The molecule has 1 fully saturated rings. The largest absolute Gasteiger partial charge is 0.490 e. The van der Waals surface area contributed by atoms with Crippen molar-refractivity contribution in [2.75, 3.05) is 13.2 Å². The molecule has 21 heavy (non-hydrogen) atoms. The highest BCUT2D eigenvalue weighted by Crippen LogP contribution is 2.29. The van der Waals surface area contributed by atoms with Crippen LogP contribution in [0.1, 0.15) is 52.0 Å². The lowest BCUT2D eigenvalue weighted by molar-refractivity contribution is 0.234. The van der Waals surface area contributed by atoms with Crippen LogP contribution in [0, 0.1) is 5.92 Å². The molecule has 3 nitrogen and oxygen atoms in total. The molecule has 2 rings (SSSR count). The summed E-state index contributed by atoms with van der Waals surface area (Å²) in [6.07, 6.45) is 5.03. The molecular weight excluding hydrogens is 262 g/mol. The lowest BCUT2D eigenvalue weighted by atomic mass is 10.1. The van der Waals surface area contributed by atoms with Gasteiger partial charge in [-0.25, -0.2) is 0 Å². The van der Waals surface area contributed by atoms with Crippen molar-refractivity contribution in [2.45, 2.75) is 59.0 Å². The van der Waals surface area contributed by atoms with Crippen LogP contribution in [0.5, 0.6) is 11.5 Å². The summed E-state index contributed by atoms with van der Waals surface area (Å²) >= 11 is 0. The number of rotatable bonds is 10. The minimum Gasteiger partial charge on any atom is -0.490 e. The van der Waals surface area contributed by atoms with Crippen LogP contribution in [0.3, 0.4) is 0 Å². The van der Waals surface area contributed by atoms with Crippen LogP contribution >= 0.6 is 0 Å². The Kier molecular flexibility index (Phi) is 6.37. The summed E-state index contributed by atoms with van der Waals surface area (Å²) in [6.45, 7) is 8.80. The highest BCUT2D eigenvalue weighted by molar-refractivity contribution is 5.43. The molecule has 0 heterocycles. The summed E-state index contributed by atoms with van der Waals surface area (Å²) in [6, 6.07) is 7.02. The van der Waals surface area contributed by atoms with Gasteiger partial charge in [-0.15, -0.1) is 0 Å². The Hall–Kier alpha value is -1.22. The van der Waals surface area contributed by atoms with E-state index in [1.54, 1.807) is 0 Å². The summed E-state index contributed by atoms with van der Waals surface area (Å²) < 4.78 is 11.7. The quantitative estimate of drug-likeness (QED) is 0.702. The van der Waals surface area contributed by atoms with Crippen LogP contribution < -0.4 is 14.8 Å². The molecule has 1 aliphatic rings. The van der Waals surface area contributed by atoms with E-state index < -0.39 is 0 Å². The van der Waals surface area contributed by atoms with E-state index >= 15 is 0 Å². The third-order valence-corrected chi connectivity index (χ3v) is 3.79. The third kappa shape index (κ3) is 5.58. The van der Waals surface area contributed by atoms with E-state index in [-0.39, 0.29) is 0 Å². The van der Waals surface area contributed by atoms with Gasteiger partial charge in [-0.05, 0) is 49.8 Å². The Morgan fingerprint density at radius 3 is 2.67 bits per heavy atom. The van der Waals surface area contributed by atoms with Gasteiger partial charge in [0.15, 0.2) is 11.5 Å². The first-order valence-electron chi connectivity index (χ1n) is 8.34. The van der Waals surface area contributed by atoms with Crippen LogP contribution in [0.15, 0.2) is 18.2 Å². The molecule has 0 radical (unpaired) electrons. The minimum absolute atomic E-state index is 0.584. The molecular formula is C18H29NO2. The van der Waals surface area contributed by atoms with E-state index in [0.717, 1.165) is 30.7 Å². The van der Waals surface area contributed by atoms with E-state index in [1.807, 2.05) is 13.0 Å². The lowest BCUT2D eigenvalue weighted by Gasteiger charge is -2.16. The highest BCUT2D eigenvalue weighted by atomic mass is 16.5. The molecule has 0 saturated heterocycles. The number of nitrogens with one attached hydrogen (secondary N) is 1. The molecule has 3 heteroatoms. The van der Waals surface area contributed by atoms with Crippen molar-refractivity contribution in [3.05, 3.63) is 23.8 Å². The number of benzene rings is 1. The van der Waals surface area contributed by atoms with Gasteiger partial charge >= 0.3 is 0 Å². The molecule has 1 N–H and O–H groups in total. The second-order valence-corrected chi connectivity index (χ2v) is 6.07. The average molecular weight is 291 g/mol. The van der Waals surface area contributed by atoms with E-state index in [2.05, 4.69) is 31.3 Å². The predicted octanol–water partition coefficient (Wildman–Crippen LogP) is 4.15. The molecule has 1 unspecified atom stereocenters. The van der Waals surface area contributed by atoms with Gasteiger partial charge in [0, 0.05) is 12.6 Å². The standard InChI is InChI=1S/C18H29NO2/c1-4-6-14(3)13-21-17-10-7-15(11-18(17)20-5-2)12-19-16-8-9-16/h7,10-11,14,16,19H,4-6,8-9,12-13H2,1-3H3. The second kappa shape index (κ2) is 8.28. The number of hydrogen-bond acceptors (Lipinski definition) is 3. The minimum atomic E-state index is 0.584. The zero-order chi connectivity index (χ0) is 15.1. The Labute approximate surface area is 129 Å². The van der Waals surface area contributed by atoms with Crippen molar-refractivity contribution in [1.29, 1.82) is 0 Å². The van der Waals surface area contributed by atoms with Gasteiger partial charge in [-0.3, -0.25) is 0 Å². The zero-order valence-corrected chi connectivity index (χ0v) is 13.7. The second-order valence-electron chi connectivity index (χ2n) is 6.07. The highest BCUT2D eigenvalue weighted by Gasteiger charge is 2.20. The van der Waals surface area contributed by atoms with E-state index in [4.69, 9.17) is 9.47 Å². The first kappa shape index (κ1) is 16.2. The fraction of sp³-hybridized carbons (Fsp3) is 0.667. The van der Waals surface area contributed by atoms with Gasteiger partial charge in [0.1, 0.15) is 0 Å². The van der Waals surface area contributed by atoms with Gasteiger partial charge in [0.05, 0.1) is 13.2 Å². The topological polar surface area (TPSA) is 30.5 Å². The fourth-order valence-electron chi connectivity index (χ4n) is 2.41. The first-order valence-corrected chi connectivity index (χ1v) is 8.34. The van der Waals surface area contributed by atoms with E-state index in [1.165, 1.54) is 31.2 Å². The van der Waals surface area contributed by atoms with Gasteiger partial charge < -0.3 is 14.8 Å². The van der Waals surface area contributed by atoms with Crippen LogP contribution in [0.2, 0.25) is 0 Å². The third-order valence-electron chi connectivity index (χ3n) is 3.79. The molecule has 1 aromatic carbocycles. The van der Waals surface area contributed by atoms with Crippen LogP contribution in [-0.2, 0) is 6.54 Å². The lowest BCUT2D eigenvalue weighted by Crippen LogP contribution is -2.15. The summed E-state index contributed by atoms with van der Waals surface area (Å²) in [5.74, 6) is 2.33. The fourth-order valence-corrected chi connectivity index (χ4v) is 2.41. The van der Waals surface area contributed by atoms with Crippen molar-refractivity contribution < 1.29 is 9.47 Å². The molecule has 118 valence electrons. The van der Waals surface area contributed by atoms with Crippen LogP contribution in [0.25, 0.3) is 0 Å². The zero-order valence-electron chi connectivity index (χ0n) is 13.7. The predicted molar refractivity (Wildman–Crippen MR) is 87.0 cm³/mol. The molecule has 0 bridgehead atoms. The van der Waals surface area contributed by atoms with Crippen molar-refractivity contribution in [1.82, 2.24) is 5.32 Å². The van der Waals surface area contributed by atoms with Gasteiger partial charge in [-0.2, -0.15) is 0 Å². The van der Waals surface area contributed by atoms with Gasteiger partial charge in [0.25, 0.3) is 0 Å². The van der Waals surface area contributed by atoms with Crippen LogP contribution in [-0.4, -0.2) is 19.3 Å². The van der Waals surface area contributed by atoms with Crippen molar-refractivity contribution in [3.8, 4) is 11.5 Å². The molecule has 0 spiro atoms. The molecule has 1 atom stereocenters. The van der Waals surface area contributed by atoms with Crippen molar-refractivity contribution in [2.24, 2.45) is 5.92 Å². The first-order chi connectivity index (χ1) is 10.2. The van der Waals surface area contributed by atoms with Crippen molar-refractivity contribution >= 4 is 0 Å².